The summed E-state index contributed by atoms with van der Waals surface area (Å²) in [6, 6.07) is 1.46. The maximum atomic E-state index is 12.5. The van der Waals surface area contributed by atoms with Crippen LogP contribution in [0.2, 0.25) is 0 Å². The van der Waals surface area contributed by atoms with Gasteiger partial charge in [-0.3, -0.25) is 0 Å². The summed E-state index contributed by atoms with van der Waals surface area (Å²) < 4.78 is 25.6. The molecule has 1 heterocycles. The number of alkyl halides is 3. The van der Waals surface area contributed by atoms with Gasteiger partial charge in [0.25, 0.3) is 0 Å². The third-order valence-corrected chi connectivity index (χ3v) is 3.35. The van der Waals surface area contributed by atoms with Crippen LogP contribution in [0.15, 0.2) is 15.9 Å². The second-order valence-electron chi connectivity index (χ2n) is 2.11. The molecule has 0 bridgehead atoms. The highest BCUT2D eigenvalue weighted by Crippen LogP contribution is 2.39. The highest BCUT2D eigenvalue weighted by molar-refractivity contribution is 9.10. The summed E-state index contributed by atoms with van der Waals surface area (Å²) in [5.74, 6) is 0. The molecule has 1 aromatic rings. The summed E-state index contributed by atoms with van der Waals surface area (Å²) in [5.41, 5.74) is 0. The van der Waals surface area contributed by atoms with Crippen LogP contribution in [0.1, 0.15) is 11.0 Å². The fourth-order valence-electron chi connectivity index (χ4n) is 0.633. The summed E-state index contributed by atoms with van der Waals surface area (Å²) in [6.45, 7) is 0. The molecular weight excluding hydrogens is 318 g/mol. The predicted molar refractivity (Wildman–Crippen MR) is 50.9 cm³/mol. The van der Waals surface area contributed by atoms with Gasteiger partial charge in [-0.1, -0.05) is 0 Å². The first-order valence-corrected chi connectivity index (χ1v) is 5.36. The van der Waals surface area contributed by atoms with E-state index in [2.05, 4.69) is 31.9 Å². The van der Waals surface area contributed by atoms with E-state index in [9.17, 15) is 8.78 Å². The van der Waals surface area contributed by atoms with E-state index >= 15 is 0 Å². The largest absolute Gasteiger partial charge is 0.380 e. The summed E-state index contributed by atoms with van der Waals surface area (Å²) in [5, 5.41) is 10.7. The molecule has 0 saturated heterocycles. The normalized spacial score (nSPS) is 14.8. The molecule has 0 fully saturated rings. The number of halogens is 4. The van der Waals surface area contributed by atoms with Crippen LogP contribution in [-0.4, -0.2) is 9.94 Å². The maximum absolute atomic E-state index is 12.5. The number of hydrogen-bond donors (Lipinski definition) is 1. The van der Waals surface area contributed by atoms with Crippen LogP contribution in [-0.2, 0) is 0 Å². The molecular formula is C6H4Br2F2OS. The first-order chi connectivity index (χ1) is 5.41. The van der Waals surface area contributed by atoms with Crippen molar-refractivity contribution in [1.82, 2.24) is 0 Å². The molecule has 1 unspecified atom stereocenters. The van der Waals surface area contributed by atoms with E-state index in [0.717, 1.165) is 11.3 Å². The second-order valence-corrected chi connectivity index (χ2v) is 5.03. The van der Waals surface area contributed by atoms with Crippen molar-refractivity contribution in [3.8, 4) is 0 Å². The number of hydrogen-bond acceptors (Lipinski definition) is 2. The Labute approximate surface area is 88.7 Å². The van der Waals surface area contributed by atoms with E-state index in [1.54, 1.807) is 5.38 Å². The van der Waals surface area contributed by atoms with Crippen molar-refractivity contribution in [2.45, 2.75) is 10.9 Å². The molecule has 0 radical (unpaired) electrons. The van der Waals surface area contributed by atoms with E-state index in [0.29, 0.717) is 4.47 Å². The molecule has 1 N–H and O–H groups in total. The van der Waals surface area contributed by atoms with Crippen LogP contribution in [0, 0.1) is 0 Å². The summed E-state index contributed by atoms with van der Waals surface area (Å²) in [7, 11) is 0. The Balaban J connectivity index is 2.85. The zero-order valence-electron chi connectivity index (χ0n) is 5.60. The van der Waals surface area contributed by atoms with Crippen LogP contribution in [0.3, 0.4) is 0 Å². The van der Waals surface area contributed by atoms with Crippen molar-refractivity contribution < 1.29 is 13.9 Å². The number of aliphatic hydroxyl groups excluding tert-OH is 1. The summed E-state index contributed by atoms with van der Waals surface area (Å²) in [6.07, 6.45) is -1.78. The Hall–Kier alpha value is 0.480. The number of thiophene rings is 1. The molecule has 0 amide bonds. The molecule has 1 rings (SSSR count). The molecule has 0 aromatic carbocycles. The predicted octanol–water partition coefficient (Wildman–Crippen LogP) is 3.53. The van der Waals surface area contributed by atoms with Gasteiger partial charge in [0.1, 0.15) is 0 Å². The zero-order chi connectivity index (χ0) is 9.35. The smallest absolute Gasteiger partial charge is 0.331 e. The van der Waals surface area contributed by atoms with Gasteiger partial charge in [-0.15, -0.1) is 11.3 Å². The van der Waals surface area contributed by atoms with Gasteiger partial charge in [0.15, 0.2) is 6.10 Å². The van der Waals surface area contributed by atoms with Crippen molar-refractivity contribution in [3.05, 3.63) is 20.8 Å². The van der Waals surface area contributed by atoms with Gasteiger partial charge in [-0.25, -0.2) is 0 Å². The Morgan fingerprint density at radius 1 is 1.58 bits per heavy atom. The minimum atomic E-state index is -3.27. The SMILES string of the molecule is OC(c1cc(Br)cs1)C(F)(F)Br. The van der Waals surface area contributed by atoms with Gasteiger partial charge in [0.2, 0.25) is 0 Å². The van der Waals surface area contributed by atoms with Gasteiger partial charge in [0.05, 0.1) is 0 Å². The molecule has 1 aromatic heterocycles. The average Bonchev–Trinajstić information content (AvgIpc) is 2.32. The molecule has 1 atom stereocenters. The van der Waals surface area contributed by atoms with Crippen molar-refractivity contribution in [2.75, 3.05) is 0 Å². The summed E-state index contributed by atoms with van der Waals surface area (Å²) >= 11 is 6.28. The molecule has 12 heavy (non-hydrogen) atoms. The average molecular weight is 322 g/mol. The van der Waals surface area contributed by atoms with Crippen molar-refractivity contribution in [1.29, 1.82) is 0 Å². The lowest BCUT2D eigenvalue weighted by Gasteiger charge is -2.13. The monoisotopic (exact) mass is 320 g/mol. The molecule has 68 valence electrons. The molecule has 1 nitrogen and oxygen atoms in total. The molecule has 0 spiro atoms. The molecule has 0 aliphatic heterocycles. The zero-order valence-corrected chi connectivity index (χ0v) is 9.59. The fourth-order valence-corrected chi connectivity index (χ4v) is 2.50. The number of rotatable bonds is 2. The third-order valence-electron chi connectivity index (χ3n) is 1.17. The number of aliphatic hydroxyl groups is 1. The van der Waals surface area contributed by atoms with E-state index in [-0.39, 0.29) is 4.88 Å². The Morgan fingerprint density at radius 2 is 2.17 bits per heavy atom. The fraction of sp³-hybridized carbons (Fsp3) is 0.333. The second kappa shape index (κ2) is 3.69. The van der Waals surface area contributed by atoms with Gasteiger partial charge < -0.3 is 5.11 Å². The minimum absolute atomic E-state index is 0.226. The quantitative estimate of drug-likeness (QED) is 0.826. The molecule has 6 heteroatoms. The van der Waals surface area contributed by atoms with E-state index in [1.165, 1.54) is 6.07 Å². The van der Waals surface area contributed by atoms with Crippen molar-refractivity contribution in [3.63, 3.8) is 0 Å². The van der Waals surface area contributed by atoms with Gasteiger partial charge >= 0.3 is 4.83 Å². The first kappa shape index (κ1) is 10.6. The van der Waals surface area contributed by atoms with Gasteiger partial charge in [-0.05, 0) is 37.9 Å². The molecule has 0 aliphatic rings. The lowest BCUT2D eigenvalue weighted by molar-refractivity contribution is -0.0275. The van der Waals surface area contributed by atoms with Crippen LogP contribution in [0.5, 0.6) is 0 Å². The maximum Gasteiger partial charge on any atom is 0.331 e. The molecule has 0 aliphatic carbocycles. The Morgan fingerprint density at radius 3 is 2.50 bits per heavy atom. The first-order valence-electron chi connectivity index (χ1n) is 2.90. The lowest BCUT2D eigenvalue weighted by atomic mass is 10.3. The van der Waals surface area contributed by atoms with E-state index in [1.807, 2.05) is 0 Å². The van der Waals surface area contributed by atoms with Crippen LogP contribution in [0.25, 0.3) is 0 Å². The molecule has 0 saturated carbocycles. The van der Waals surface area contributed by atoms with E-state index < -0.39 is 10.9 Å². The third kappa shape index (κ3) is 2.48. The standard InChI is InChI=1S/C6H4Br2F2OS/c7-3-1-4(12-2-3)5(11)6(8,9)10/h1-2,5,11H. The summed E-state index contributed by atoms with van der Waals surface area (Å²) in [4.78, 5) is -3.04. The van der Waals surface area contributed by atoms with Crippen molar-refractivity contribution in [2.24, 2.45) is 0 Å². The highest BCUT2D eigenvalue weighted by Gasteiger charge is 2.36. The van der Waals surface area contributed by atoms with Crippen molar-refractivity contribution >= 4 is 43.2 Å². The van der Waals surface area contributed by atoms with E-state index in [4.69, 9.17) is 5.11 Å². The lowest BCUT2D eigenvalue weighted by Crippen LogP contribution is -2.16. The Kier molecular flexibility index (Phi) is 3.25. The van der Waals surface area contributed by atoms with Gasteiger partial charge in [-0.2, -0.15) is 8.78 Å². The van der Waals surface area contributed by atoms with Gasteiger partial charge in [0, 0.05) is 14.7 Å². The topological polar surface area (TPSA) is 20.2 Å². The minimum Gasteiger partial charge on any atom is -0.380 e. The van der Waals surface area contributed by atoms with Crippen LogP contribution < -0.4 is 0 Å². The van der Waals surface area contributed by atoms with Crippen LogP contribution >= 0.6 is 43.2 Å². The highest BCUT2D eigenvalue weighted by atomic mass is 79.9. The van der Waals surface area contributed by atoms with Crippen LogP contribution in [0.4, 0.5) is 8.78 Å². The Bertz CT molecular complexity index is 271.